The minimum atomic E-state index is -4.03. The van der Waals surface area contributed by atoms with Crippen molar-refractivity contribution in [1.29, 1.82) is 0 Å². The zero-order chi connectivity index (χ0) is 11.9. The Balaban J connectivity index is 0.000000423. The summed E-state index contributed by atoms with van der Waals surface area (Å²) in [6.07, 6.45) is 0. The molecule has 15 heavy (non-hydrogen) atoms. The molecule has 1 N–H and O–H groups in total. The Hall–Kier alpha value is -0.810. The van der Waals surface area contributed by atoms with Gasteiger partial charge in [0.25, 0.3) is 10.1 Å². The molecule has 0 unspecified atom stereocenters. The molecule has 0 aliphatic heterocycles. The van der Waals surface area contributed by atoms with Crippen LogP contribution in [0, 0.1) is 6.92 Å². The van der Waals surface area contributed by atoms with Crippen LogP contribution in [0.2, 0.25) is 0 Å². The van der Waals surface area contributed by atoms with Gasteiger partial charge in [0.05, 0.1) is 4.90 Å². The van der Waals surface area contributed by atoms with Gasteiger partial charge in [-0.25, -0.2) is 4.57 Å². The molecule has 0 atom stereocenters. The molecule has 0 heterocycles. The highest BCUT2D eigenvalue weighted by molar-refractivity contribution is 7.85. The lowest BCUT2D eigenvalue weighted by atomic mass is 10.2. The largest absolute Gasteiger partial charge is 0.327 e. The predicted octanol–water partition coefficient (Wildman–Crippen LogP) is 2.08. The summed E-state index contributed by atoms with van der Waals surface area (Å²) in [5.41, 5.74) is 0.551. The molecular formula is C8H11O5PS. The van der Waals surface area contributed by atoms with Crippen molar-refractivity contribution in [3.8, 4) is 0 Å². The number of hydrogen-bond acceptors (Lipinski definition) is 4. The van der Waals surface area contributed by atoms with Crippen molar-refractivity contribution in [2.75, 3.05) is 7.11 Å². The van der Waals surface area contributed by atoms with Gasteiger partial charge in [-0.3, -0.25) is 9.08 Å². The summed E-state index contributed by atoms with van der Waals surface area (Å²) in [7, 11) is -2.93. The van der Waals surface area contributed by atoms with E-state index in [1.807, 2.05) is 0 Å². The summed E-state index contributed by atoms with van der Waals surface area (Å²) in [4.78, 5) is -0.0278. The summed E-state index contributed by atoms with van der Waals surface area (Å²) in [5.74, 6) is 0. The maximum absolute atomic E-state index is 10.6. The molecular weight excluding hydrogens is 239 g/mol. The van der Waals surface area contributed by atoms with Crippen LogP contribution in [0.4, 0.5) is 0 Å². The summed E-state index contributed by atoms with van der Waals surface area (Å²) >= 11 is 0. The lowest BCUT2D eigenvalue weighted by Crippen LogP contribution is -1.99. The molecule has 0 spiro atoms. The molecule has 0 aliphatic carbocycles. The van der Waals surface area contributed by atoms with E-state index in [2.05, 4.69) is 4.52 Å². The summed E-state index contributed by atoms with van der Waals surface area (Å²) in [6.45, 7) is 1.63. The van der Waals surface area contributed by atoms with Crippen LogP contribution in [0.5, 0.6) is 0 Å². The van der Waals surface area contributed by atoms with E-state index in [4.69, 9.17) is 9.12 Å². The molecule has 0 bridgehead atoms. The SMILES string of the molecule is COP=O.Cc1ccccc1S(=O)(=O)O. The Bertz CT molecular complexity index is 415. The molecule has 0 saturated heterocycles. The first kappa shape index (κ1) is 14.2. The molecule has 0 radical (unpaired) electrons. The van der Waals surface area contributed by atoms with Crippen molar-refractivity contribution < 1.29 is 22.1 Å². The van der Waals surface area contributed by atoms with Crippen molar-refractivity contribution >= 4 is 18.8 Å². The average Bonchev–Trinajstić information content (AvgIpc) is 2.17. The Morgan fingerprint density at radius 3 is 2.07 bits per heavy atom. The van der Waals surface area contributed by atoms with Crippen molar-refractivity contribution in [2.45, 2.75) is 11.8 Å². The van der Waals surface area contributed by atoms with Crippen LogP contribution in [0.25, 0.3) is 0 Å². The van der Waals surface area contributed by atoms with Crippen LogP contribution in [0.15, 0.2) is 29.2 Å². The van der Waals surface area contributed by atoms with Gasteiger partial charge in [-0.15, -0.1) is 0 Å². The van der Waals surface area contributed by atoms with Gasteiger partial charge in [0.15, 0.2) is 0 Å². The summed E-state index contributed by atoms with van der Waals surface area (Å²) in [6, 6.07) is 6.27. The number of aryl methyl sites for hydroxylation is 1. The fourth-order valence-corrected chi connectivity index (χ4v) is 1.57. The van der Waals surface area contributed by atoms with Crippen LogP contribution >= 0.6 is 8.69 Å². The highest BCUT2D eigenvalue weighted by Crippen LogP contribution is 2.12. The molecule has 1 rings (SSSR count). The van der Waals surface area contributed by atoms with Gasteiger partial charge in [0.1, 0.15) is 0 Å². The van der Waals surface area contributed by atoms with Crippen molar-refractivity contribution in [3.63, 3.8) is 0 Å². The quantitative estimate of drug-likeness (QED) is 0.642. The van der Waals surface area contributed by atoms with E-state index in [0.29, 0.717) is 5.56 Å². The van der Waals surface area contributed by atoms with E-state index in [1.165, 1.54) is 13.2 Å². The van der Waals surface area contributed by atoms with E-state index >= 15 is 0 Å². The van der Waals surface area contributed by atoms with Gasteiger partial charge in [-0.2, -0.15) is 8.42 Å². The van der Waals surface area contributed by atoms with Gasteiger partial charge in [-0.05, 0) is 18.6 Å². The molecule has 0 aromatic heterocycles. The standard InChI is InChI=1S/C7H8O3S.CH3O2P/c1-6-4-2-3-5-7(6)11(8,9)10;1-3-4-2/h2-5H,1H3,(H,8,9,10);1H3. The fourth-order valence-electron chi connectivity index (χ4n) is 0.846. The second kappa shape index (κ2) is 6.63. The van der Waals surface area contributed by atoms with E-state index < -0.39 is 10.1 Å². The minimum absolute atomic E-state index is 0.0278. The molecule has 0 aliphatic rings. The normalized spacial score (nSPS) is 10.6. The molecule has 0 saturated carbocycles. The lowest BCUT2D eigenvalue weighted by molar-refractivity contribution is 0.433. The molecule has 0 fully saturated rings. The third-order valence-corrected chi connectivity index (χ3v) is 2.61. The molecule has 1 aromatic carbocycles. The summed E-state index contributed by atoms with van der Waals surface area (Å²) < 4.78 is 42.9. The lowest BCUT2D eigenvalue weighted by Gasteiger charge is -1.99. The van der Waals surface area contributed by atoms with Gasteiger partial charge in [0, 0.05) is 7.11 Å². The smallest absolute Gasteiger partial charge is 0.298 e. The Morgan fingerprint density at radius 2 is 1.80 bits per heavy atom. The number of benzene rings is 1. The molecule has 5 nitrogen and oxygen atoms in total. The Morgan fingerprint density at radius 1 is 1.33 bits per heavy atom. The van der Waals surface area contributed by atoms with Crippen molar-refractivity contribution in [2.24, 2.45) is 0 Å². The second-order valence-corrected chi connectivity index (χ2v) is 4.40. The third kappa shape index (κ3) is 5.59. The molecule has 7 heteroatoms. The molecule has 84 valence electrons. The highest BCUT2D eigenvalue weighted by atomic mass is 32.2. The maximum atomic E-state index is 10.6. The molecule has 0 amide bonds. The Kier molecular flexibility index (Phi) is 6.27. The van der Waals surface area contributed by atoms with Gasteiger partial charge in [-0.1, -0.05) is 18.2 Å². The van der Waals surface area contributed by atoms with Gasteiger partial charge >= 0.3 is 8.69 Å². The van der Waals surface area contributed by atoms with Gasteiger partial charge in [0.2, 0.25) is 0 Å². The highest BCUT2D eigenvalue weighted by Gasteiger charge is 2.10. The zero-order valence-electron chi connectivity index (χ0n) is 8.25. The van der Waals surface area contributed by atoms with E-state index in [-0.39, 0.29) is 13.6 Å². The number of hydrogen-bond donors (Lipinski definition) is 1. The minimum Gasteiger partial charge on any atom is -0.298 e. The van der Waals surface area contributed by atoms with Crippen LogP contribution < -0.4 is 0 Å². The van der Waals surface area contributed by atoms with Crippen LogP contribution in [0.1, 0.15) is 5.56 Å². The van der Waals surface area contributed by atoms with E-state index in [9.17, 15) is 8.42 Å². The van der Waals surface area contributed by atoms with Gasteiger partial charge < -0.3 is 0 Å². The second-order valence-electron chi connectivity index (χ2n) is 2.50. The topological polar surface area (TPSA) is 80.7 Å². The van der Waals surface area contributed by atoms with E-state index in [0.717, 1.165) is 0 Å². The monoisotopic (exact) mass is 250 g/mol. The first-order valence-electron chi connectivity index (χ1n) is 3.82. The number of rotatable bonds is 2. The first-order chi connectivity index (χ1) is 6.93. The van der Waals surface area contributed by atoms with Crippen LogP contribution in [-0.4, -0.2) is 20.1 Å². The fraction of sp³-hybridized carbons (Fsp3) is 0.250. The predicted molar refractivity (Wildman–Crippen MR) is 55.6 cm³/mol. The average molecular weight is 250 g/mol. The van der Waals surface area contributed by atoms with Crippen LogP contribution in [0.3, 0.4) is 0 Å². The molecule has 1 aromatic rings. The first-order valence-corrected chi connectivity index (χ1v) is 5.99. The van der Waals surface area contributed by atoms with Crippen molar-refractivity contribution in [1.82, 2.24) is 0 Å². The third-order valence-electron chi connectivity index (χ3n) is 1.45. The van der Waals surface area contributed by atoms with E-state index in [1.54, 1.807) is 25.1 Å². The van der Waals surface area contributed by atoms with Crippen LogP contribution in [-0.2, 0) is 19.2 Å². The Labute approximate surface area is 90.1 Å². The van der Waals surface area contributed by atoms with Crippen molar-refractivity contribution in [3.05, 3.63) is 29.8 Å². The summed E-state index contributed by atoms with van der Waals surface area (Å²) in [5, 5.41) is 0. The maximum Gasteiger partial charge on any atom is 0.327 e. The zero-order valence-corrected chi connectivity index (χ0v) is 9.96.